The van der Waals surface area contributed by atoms with E-state index in [0.717, 1.165) is 37.4 Å². The van der Waals surface area contributed by atoms with Gasteiger partial charge >= 0.3 is 0 Å². The number of hydrogen-bond acceptors (Lipinski definition) is 3. The normalized spacial score (nSPS) is 24.9. The van der Waals surface area contributed by atoms with E-state index < -0.39 is 0 Å². The van der Waals surface area contributed by atoms with E-state index in [2.05, 4.69) is 9.97 Å². The largest absolute Gasteiger partial charge is 0.378 e. The summed E-state index contributed by atoms with van der Waals surface area (Å²) in [5, 5.41) is 0. The number of aromatic nitrogens is 2. The number of ether oxygens (including phenoxy) is 1. The van der Waals surface area contributed by atoms with Crippen molar-refractivity contribution in [3.05, 3.63) is 27.9 Å². The Balaban J connectivity index is 1.79. The van der Waals surface area contributed by atoms with Crippen LogP contribution in [0, 0.1) is 0 Å². The van der Waals surface area contributed by atoms with Gasteiger partial charge in [0.1, 0.15) is 5.82 Å². The highest BCUT2D eigenvalue weighted by Crippen LogP contribution is 2.38. The molecule has 1 saturated carbocycles. The highest BCUT2D eigenvalue weighted by Gasteiger charge is 2.26. The molecule has 0 bridgehead atoms. The van der Waals surface area contributed by atoms with Crippen LogP contribution in [0.5, 0.6) is 0 Å². The molecule has 2 heterocycles. The second-order valence-electron chi connectivity index (χ2n) is 4.73. The lowest BCUT2D eigenvalue weighted by Crippen LogP contribution is -2.17. The van der Waals surface area contributed by atoms with Gasteiger partial charge in [-0.15, -0.1) is 0 Å². The third kappa shape index (κ3) is 2.16. The Bertz CT molecular complexity index is 431. The summed E-state index contributed by atoms with van der Waals surface area (Å²) >= 11 is 0. The van der Waals surface area contributed by atoms with Crippen molar-refractivity contribution in [3.63, 3.8) is 0 Å². The molecule has 4 heteroatoms. The van der Waals surface area contributed by atoms with E-state index in [1.54, 1.807) is 6.07 Å². The summed E-state index contributed by atoms with van der Waals surface area (Å²) in [7, 11) is 0. The van der Waals surface area contributed by atoms with E-state index in [9.17, 15) is 4.79 Å². The van der Waals surface area contributed by atoms with Crippen molar-refractivity contribution in [1.29, 1.82) is 0 Å². The van der Waals surface area contributed by atoms with Crippen LogP contribution in [0.1, 0.15) is 43.1 Å². The van der Waals surface area contributed by atoms with Gasteiger partial charge in [0.25, 0.3) is 5.56 Å². The van der Waals surface area contributed by atoms with Crippen molar-refractivity contribution < 1.29 is 4.74 Å². The molecular formula is C12H16N2O2. The summed E-state index contributed by atoms with van der Waals surface area (Å²) in [6.45, 7) is 0.844. The molecule has 1 N–H and O–H groups in total. The van der Waals surface area contributed by atoms with Crippen molar-refractivity contribution in [2.45, 2.75) is 44.1 Å². The molecule has 1 aromatic rings. The molecular weight excluding hydrogens is 204 g/mol. The van der Waals surface area contributed by atoms with Gasteiger partial charge in [-0.25, -0.2) is 4.98 Å². The van der Waals surface area contributed by atoms with Crippen LogP contribution < -0.4 is 5.56 Å². The predicted molar refractivity (Wildman–Crippen MR) is 59.5 cm³/mol. The molecule has 0 amide bonds. The average Bonchev–Trinajstić information content (AvgIpc) is 2.98. The summed E-state index contributed by atoms with van der Waals surface area (Å²) in [5.74, 6) is 1.33. The van der Waals surface area contributed by atoms with Crippen LogP contribution in [-0.2, 0) is 11.2 Å². The quantitative estimate of drug-likeness (QED) is 0.837. The minimum atomic E-state index is -0.0232. The number of aromatic amines is 1. The van der Waals surface area contributed by atoms with Gasteiger partial charge in [-0.3, -0.25) is 4.79 Å². The molecule has 16 heavy (non-hydrogen) atoms. The fraction of sp³-hybridized carbons (Fsp3) is 0.667. The number of H-pyrrole nitrogens is 1. The van der Waals surface area contributed by atoms with E-state index in [4.69, 9.17) is 4.74 Å². The Labute approximate surface area is 94.1 Å². The van der Waals surface area contributed by atoms with Gasteiger partial charge in [-0.1, -0.05) is 0 Å². The van der Waals surface area contributed by atoms with Gasteiger partial charge in [-0.2, -0.15) is 0 Å². The second-order valence-corrected chi connectivity index (χ2v) is 4.73. The molecule has 0 aromatic carbocycles. The highest BCUT2D eigenvalue weighted by molar-refractivity contribution is 5.14. The zero-order chi connectivity index (χ0) is 11.0. The topological polar surface area (TPSA) is 55.0 Å². The molecule has 1 unspecified atom stereocenters. The summed E-state index contributed by atoms with van der Waals surface area (Å²) in [6.07, 6.45) is 5.55. The number of nitrogens with one attached hydrogen (secondary N) is 1. The van der Waals surface area contributed by atoms with Crippen molar-refractivity contribution in [2.75, 3.05) is 6.61 Å². The second kappa shape index (κ2) is 4.01. The highest BCUT2D eigenvalue weighted by atomic mass is 16.5. The van der Waals surface area contributed by atoms with E-state index in [1.165, 1.54) is 12.8 Å². The van der Waals surface area contributed by atoms with Gasteiger partial charge in [0, 0.05) is 25.0 Å². The maximum absolute atomic E-state index is 11.5. The van der Waals surface area contributed by atoms with Crippen LogP contribution in [0.25, 0.3) is 0 Å². The van der Waals surface area contributed by atoms with E-state index in [1.807, 2.05) is 0 Å². The van der Waals surface area contributed by atoms with Crippen molar-refractivity contribution in [2.24, 2.45) is 0 Å². The van der Waals surface area contributed by atoms with Gasteiger partial charge in [-0.05, 0) is 25.7 Å². The van der Waals surface area contributed by atoms with E-state index in [0.29, 0.717) is 5.92 Å². The average molecular weight is 220 g/mol. The fourth-order valence-electron chi connectivity index (χ4n) is 2.23. The van der Waals surface area contributed by atoms with E-state index >= 15 is 0 Å². The van der Waals surface area contributed by atoms with Crippen LogP contribution in [0.2, 0.25) is 0 Å². The molecule has 0 spiro atoms. The maximum Gasteiger partial charge on any atom is 0.251 e. The number of rotatable bonds is 3. The van der Waals surface area contributed by atoms with Gasteiger partial charge in [0.05, 0.1) is 11.8 Å². The van der Waals surface area contributed by atoms with Crippen LogP contribution in [0.15, 0.2) is 10.9 Å². The van der Waals surface area contributed by atoms with Crippen LogP contribution in [0.4, 0.5) is 0 Å². The van der Waals surface area contributed by atoms with Crippen molar-refractivity contribution in [1.82, 2.24) is 9.97 Å². The molecule has 1 aliphatic carbocycles. The maximum atomic E-state index is 11.5. The molecule has 86 valence electrons. The molecule has 3 rings (SSSR count). The molecule has 1 aromatic heterocycles. The minimum absolute atomic E-state index is 0.0232. The SMILES string of the molecule is O=c1cc(C2CC2)nc(CC2CCCO2)[nH]1. The first kappa shape index (κ1) is 10.0. The molecule has 0 radical (unpaired) electrons. The number of nitrogens with zero attached hydrogens (tertiary/aromatic N) is 1. The van der Waals surface area contributed by atoms with Crippen LogP contribution >= 0.6 is 0 Å². The first-order chi connectivity index (χ1) is 7.81. The van der Waals surface area contributed by atoms with Crippen molar-refractivity contribution >= 4 is 0 Å². The number of hydrogen-bond donors (Lipinski definition) is 1. The lowest BCUT2D eigenvalue weighted by molar-refractivity contribution is 0.110. The molecule has 1 saturated heterocycles. The molecule has 2 aliphatic rings. The summed E-state index contributed by atoms with van der Waals surface area (Å²) in [4.78, 5) is 18.8. The summed E-state index contributed by atoms with van der Waals surface area (Å²) in [6, 6.07) is 1.64. The van der Waals surface area contributed by atoms with Crippen molar-refractivity contribution in [3.8, 4) is 0 Å². The summed E-state index contributed by atoms with van der Waals surface area (Å²) in [5.41, 5.74) is 0.946. The lowest BCUT2D eigenvalue weighted by Gasteiger charge is -2.08. The summed E-state index contributed by atoms with van der Waals surface area (Å²) < 4.78 is 5.55. The lowest BCUT2D eigenvalue weighted by atomic mass is 10.1. The third-order valence-electron chi connectivity index (χ3n) is 3.25. The third-order valence-corrected chi connectivity index (χ3v) is 3.25. The zero-order valence-corrected chi connectivity index (χ0v) is 9.24. The Morgan fingerprint density at radius 3 is 3.00 bits per heavy atom. The molecule has 1 aliphatic heterocycles. The smallest absolute Gasteiger partial charge is 0.251 e. The monoisotopic (exact) mass is 220 g/mol. The predicted octanol–water partition coefficient (Wildman–Crippen LogP) is 1.37. The molecule has 4 nitrogen and oxygen atoms in total. The zero-order valence-electron chi connectivity index (χ0n) is 9.24. The van der Waals surface area contributed by atoms with Crippen LogP contribution in [0.3, 0.4) is 0 Å². The Kier molecular flexibility index (Phi) is 2.52. The van der Waals surface area contributed by atoms with Gasteiger partial charge in [0.15, 0.2) is 0 Å². The Morgan fingerprint density at radius 1 is 1.44 bits per heavy atom. The first-order valence-corrected chi connectivity index (χ1v) is 6.03. The molecule has 2 fully saturated rings. The minimum Gasteiger partial charge on any atom is -0.378 e. The van der Waals surface area contributed by atoms with E-state index in [-0.39, 0.29) is 11.7 Å². The van der Waals surface area contributed by atoms with Gasteiger partial charge in [0.2, 0.25) is 0 Å². The Hall–Kier alpha value is -1.16. The standard InChI is InChI=1S/C12H16N2O2/c15-12-7-10(8-3-4-8)13-11(14-12)6-9-2-1-5-16-9/h7-9H,1-6H2,(H,13,14,15). The molecule has 1 atom stereocenters. The van der Waals surface area contributed by atoms with Crippen LogP contribution in [-0.4, -0.2) is 22.7 Å². The van der Waals surface area contributed by atoms with Gasteiger partial charge < -0.3 is 9.72 Å². The first-order valence-electron chi connectivity index (χ1n) is 6.03. The fourth-order valence-corrected chi connectivity index (χ4v) is 2.23. The Morgan fingerprint density at radius 2 is 2.31 bits per heavy atom.